The van der Waals surface area contributed by atoms with Gasteiger partial charge < -0.3 is 10.4 Å². The third kappa shape index (κ3) is 7.30. The van der Waals surface area contributed by atoms with Crippen molar-refractivity contribution in [2.75, 3.05) is 5.75 Å². The van der Waals surface area contributed by atoms with Crippen LogP contribution < -0.4 is 5.32 Å². The standard InChI is InChI=1S/C19H27NO4S/c1-4-5-11-17(19(23)24)20-18(22)16(12-25-14(3)21)13(2)15-9-7-6-8-10-15/h6-10,13,16-17H,4-5,11-12H2,1-3H3,(H,20,22)(H,23,24). The second-order valence-corrected chi connectivity index (χ2v) is 7.35. The van der Waals surface area contributed by atoms with Crippen molar-refractivity contribution in [3.63, 3.8) is 0 Å². The highest BCUT2D eigenvalue weighted by Crippen LogP contribution is 2.28. The van der Waals surface area contributed by atoms with Crippen LogP contribution in [-0.4, -0.2) is 33.9 Å². The van der Waals surface area contributed by atoms with Crippen LogP contribution in [0.5, 0.6) is 0 Å². The minimum Gasteiger partial charge on any atom is -0.480 e. The molecule has 25 heavy (non-hydrogen) atoms. The Bertz CT molecular complexity index is 576. The number of carboxylic acid groups (broad SMARTS) is 1. The first-order chi connectivity index (χ1) is 11.9. The number of rotatable bonds is 10. The molecule has 138 valence electrons. The van der Waals surface area contributed by atoms with E-state index < -0.39 is 17.9 Å². The second-order valence-electron chi connectivity index (χ2n) is 6.15. The summed E-state index contributed by atoms with van der Waals surface area (Å²) in [6.07, 6.45) is 2.01. The van der Waals surface area contributed by atoms with Gasteiger partial charge in [0, 0.05) is 12.7 Å². The molecule has 0 aliphatic heterocycles. The molecule has 3 atom stereocenters. The summed E-state index contributed by atoms with van der Waals surface area (Å²) in [6, 6.07) is 8.70. The summed E-state index contributed by atoms with van der Waals surface area (Å²) in [5, 5.41) is 11.9. The minimum absolute atomic E-state index is 0.0566. The Morgan fingerprint density at radius 3 is 2.36 bits per heavy atom. The van der Waals surface area contributed by atoms with E-state index in [4.69, 9.17) is 0 Å². The average molecular weight is 365 g/mol. The number of carboxylic acids is 1. The Morgan fingerprint density at radius 1 is 1.20 bits per heavy atom. The quantitative estimate of drug-likeness (QED) is 0.663. The Morgan fingerprint density at radius 2 is 1.84 bits per heavy atom. The Balaban J connectivity index is 2.91. The topological polar surface area (TPSA) is 83.5 Å². The van der Waals surface area contributed by atoms with Gasteiger partial charge in [-0.25, -0.2) is 4.79 Å². The van der Waals surface area contributed by atoms with Crippen LogP contribution in [-0.2, 0) is 14.4 Å². The van der Waals surface area contributed by atoms with E-state index in [0.717, 1.165) is 30.2 Å². The number of hydrogen-bond acceptors (Lipinski definition) is 4. The van der Waals surface area contributed by atoms with E-state index >= 15 is 0 Å². The third-order valence-corrected chi connectivity index (χ3v) is 5.13. The van der Waals surface area contributed by atoms with Crippen molar-refractivity contribution in [1.29, 1.82) is 0 Å². The Hall–Kier alpha value is -1.82. The lowest BCUT2D eigenvalue weighted by Crippen LogP contribution is -2.45. The monoisotopic (exact) mass is 365 g/mol. The highest BCUT2D eigenvalue weighted by molar-refractivity contribution is 8.13. The molecule has 1 aromatic rings. The average Bonchev–Trinajstić information content (AvgIpc) is 2.58. The molecule has 0 heterocycles. The van der Waals surface area contributed by atoms with E-state index in [9.17, 15) is 19.5 Å². The van der Waals surface area contributed by atoms with Gasteiger partial charge in [0.05, 0.1) is 5.92 Å². The Labute approximate surface area is 153 Å². The normalized spacial score (nSPS) is 14.4. The highest BCUT2D eigenvalue weighted by atomic mass is 32.2. The maximum Gasteiger partial charge on any atom is 0.326 e. The molecule has 2 N–H and O–H groups in total. The Kier molecular flexibility index (Phi) is 9.27. The number of nitrogens with one attached hydrogen (secondary N) is 1. The van der Waals surface area contributed by atoms with Crippen LogP contribution in [0, 0.1) is 5.92 Å². The van der Waals surface area contributed by atoms with Crippen LogP contribution in [0.25, 0.3) is 0 Å². The summed E-state index contributed by atoms with van der Waals surface area (Å²) in [7, 11) is 0. The minimum atomic E-state index is -1.02. The summed E-state index contributed by atoms with van der Waals surface area (Å²) < 4.78 is 0. The van der Waals surface area contributed by atoms with Crippen molar-refractivity contribution in [1.82, 2.24) is 5.32 Å². The molecule has 0 aliphatic carbocycles. The van der Waals surface area contributed by atoms with Crippen LogP contribution in [0.3, 0.4) is 0 Å². The molecule has 1 amide bonds. The van der Waals surface area contributed by atoms with E-state index in [1.54, 1.807) is 0 Å². The lowest BCUT2D eigenvalue weighted by atomic mass is 9.88. The van der Waals surface area contributed by atoms with Gasteiger partial charge in [-0.05, 0) is 17.9 Å². The lowest BCUT2D eigenvalue weighted by molar-refractivity contribution is -0.142. The molecule has 6 heteroatoms. The molecule has 1 rings (SSSR count). The van der Waals surface area contributed by atoms with Crippen molar-refractivity contribution in [2.45, 2.75) is 52.0 Å². The van der Waals surface area contributed by atoms with Gasteiger partial charge in [-0.15, -0.1) is 0 Å². The fraction of sp³-hybridized carbons (Fsp3) is 0.526. The van der Waals surface area contributed by atoms with Crippen LogP contribution in [0.1, 0.15) is 51.5 Å². The molecule has 0 radical (unpaired) electrons. The second kappa shape index (κ2) is 10.9. The first kappa shape index (κ1) is 21.2. The van der Waals surface area contributed by atoms with Crippen molar-refractivity contribution in [3.8, 4) is 0 Å². The zero-order chi connectivity index (χ0) is 18.8. The first-order valence-corrected chi connectivity index (χ1v) is 9.56. The molecule has 0 spiro atoms. The summed E-state index contributed by atoms with van der Waals surface area (Å²) in [6.45, 7) is 5.38. The number of unbranched alkanes of at least 4 members (excludes halogenated alkanes) is 1. The predicted molar refractivity (Wildman–Crippen MR) is 101 cm³/mol. The molecule has 5 nitrogen and oxygen atoms in total. The predicted octanol–water partition coefficient (Wildman–Crippen LogP) is 3.45. The van der Waals surface area contributed by atoms with E-state index in [1.165, 1.54) is 6.92 Å². The maximum absolute atomic E-state index is 12.7. The number of hydrogen-bond donors (Lipinski definition) is 2. The largest absolute Gasteiger partial charge is 0.480 e. The molecule has 0 saturated carbocycles. The molecular formula is C19H27NO4S. The van der Waals surface area contributed by atoms with Gasteiger partial charge in [-0.3, -0.25) is 9.59 Å². The van der Waals surface area contributed by atoms with Gasteiger partial charge in [0.15, 0.2) is 5.12 Å². The summed E-state index contributed by atoms with van der Waals surface area (Å²) >= 11 is 1.10. The van der Waals surface area contributed by atoms with E-state index in [0.29, 0.717) is 12.2 Å². The fourth-order valence-corrected chi connectivity index (χ4v) is 3.44. The summed E-state index contributed by atoms with van der Waals surface area (Å²) in [5.74, 6) is -1.59. The molecule has 0 aliphatic rings. The molecule has 0 fully saturated rings. The fourth-order valence-electron chi connectivity index (χ4n) is 2.59. The molecular weight excluding hydrogens is 338 g/mol. The maximum atomic E-state index is 12.7. The van der Waals surface area contributed by atoms with Gasteiger partial charge in [0.1, 0.15) is 6.04 Å². The number of carbonyl (C=O) groups excluding carboxylic acids is 2. The van der Waals surface area contributed by atoms with Gasteiger partial charge in [0.2, 0.25) is 5.91 Å². The van der Waals surface area contributed by atoms with Crippen molar-refractivity contribution in [2.24, 2.45) is 5.92 Å². The van der Waals surface area contributed by atoms with Crippen LogP contribution >= 0.6 is 11.8 Å². The van der Waals surface area contributed by atoms with Crippen molar-refractivity contribution >= 4 is 28.8 Å². The molecule has 0 aromatic heterocycles. The number of benzene rings is 1. The SMILES string of the molecule is CCCCC(NC(=O)C(CSC(C)=O)C(C)c1ccccc1)C(=O)O. The van der Waals surface area contributed by atoms with Gasteiger partial charge in [0.25, 0.3) is 0 Å². The number of aliphatic carboxylic acids is 1. The smallest absolute Gasteiger partial charge is 0.326 e. The van der Waals surface area contributed by atoms with Crippen molar-refractivity contribution in [3.05, 3.63) is 35.9 Å². The van der Waals surface area contributed by atoms with Crippen LogP contribution in [0.2, 0.25) is 0 Å². The van der Waals surface area contributed by atoms with Crippen LogP contribution in [0.4, 0.5) is 0 Å². The zero-order valence-electron chi connectivity index (χ0n) is 15.0. The van der Waals surface area contributed by atoms with Crippen LogP contribution in [0.15, 0.2) is 30.3 Å². The zero-order valence-corrected chi connectivity index (χ0v) is 15.8. The molecule has 0 saturated heterocycles. The first-order valence-electron chi connectivity index (χ1n) is 8.58. The van der Waals surface area contributed by atoms with Gasteiger partial charge >= 0.3 is 5.97 Å². The van der Waals surface area contributed by atoms with Crippen molar-refractivity contribution < 1.29 is 19.5 Å². The number of amides is 1. The van der Waals surface area contributed by atoms with Gasteiger partial charge in [-0.2, -0.15) is 0 Å². The number of carbonyl (C=O) groups is 3. The molecule has 1 aromatic carbocycles. The third-order valence-electron chi connectivity index (χ3n) is 4.19. The van der Waals surface area contributed by atoms with E-state index in [2.05, 4.69) is 5.32 Å². The number of thioether (sulfide) groups is 1. The van der Waals surface area contributed by atoms with E-state index in [-0.39, 0.29) is 16.9 Å². The van der Waals surface area contributed by atoms with E-state index in [1.807, 2.05) is 44.2 Å². The lowest BCUT2D eigenvalue weighted by Gasteiger charge is -2.25. The highest BCUT2D eigenvalue weighted by Gasteiger charge is 2.30. The van der Waals surface area contributed by atoms with Gasteiger partial charge in [-0.1, -0.05) is 68.8 Å². The summed E-state index contributed by atoms with van der Waals surface area (Å²) in [5.41, 5.74) is 0.993. The molecule has 3 unspecified atom stereocenters. The summed E-state index contributed by atoms with van der Waals surface area (Å²) in [4.78, 5) is 35.5. The molecule has 0 bridgehead atoms.